The first-order valence-electron chi connectivity index (χ1n) is 6.21. The predicted octanol–water partition coefficient (Wildman–Crippen LogP) is 4.54. The fraction of sp³-hybridized carbons (Fsp3) is 0.0588. The van der Waals surface area contributed by atoms with Gasteiger partial charge in [-0.1, -0.05) is 48.5 Å². The second-order valence-corrected chi connectivity index (χ2v) is 4.68. The molecule has 0 bridgehead atoms. The Morgan fingerprint density at radius 3 is 2.32 bits per heavy atom. The zero-order valence-corrected chi connectivity index (χ0v) is 10.7. The molecule has 19 heavy (non-hydrogen) atoms. The number of nitrogens with two attached hydrogens (primary N) is 1. The Kier molecular flexibility index (Phi) is 2.71. The van der Waals surface area contributed by atoms with Crippen molar-refractivity contribution in [2.45, 2.75) is 6.92 Å². The van der Waals surface area contributed by atoms with E-state index in [0.717, 1.165) is 16.5 Å². The fourth-order valence-electron chi connectivity index (χ4n) is 2.46. The van der Waals surface area contributed by atoms with Crippen LogP contribution in [0.1, 0.15) is 5.56 Å². The molecule has 3 aromatic rings. The number of halogens is 1. The summed E-state index contributed by atoms with van der Waals surface area (Å²) in [5, 5.41) is 2.27. The lowest BCUT2D eigenvalue weighted by Crippen LogP contribution is -1.95. The normalized spacial score (nSPS) is 10.8. The summed E-state index contributed by atoms with van der Waals surface area (Å²) in [6.45, 7) is 2.07. The highest BCUT2D eigenvalue weighted by atomic mass is 19.1. The van der Waals surface area contributed by atoms with Crippen molar-refractivity contribution < 1.29 is 4.39 Å². The Morgan fingerprint density at radius 2 is 1.53 bits per heavy atom. The van der Waals surface area contributed by atoms with Gasteiger partial charge in [0.15, 0.2) is 0 Å². The molecule has 0 aromatic heterocycles. The number of benzene rings is 3. The first kappa shape index (κ1) is 11.7. The summed E-state index contributed by atoms with van der Waals surface area (Å²) >= 11 is 0. The summed E-state index contributed by atoms with van der Waals surface area (Å²) in [4.78, 5) is 0. The molecule has 3 aromatic carbocycles. The van der Waals surface area contributed by atoms with Gasteiger partial charge in [0, 0.05) is 5.56 Å². The van der Waals surface area contributed by atoms with Gasteiger partial charge < -0.3 is 5.73 Å². The van der Waals surface area contributed by atoms with Crippen molar-refractivity contribution in [3.05, 3.63) is 66.0 Å². The average molecular weight is 251 g/mol. The molecule has 1 nitrogen and oxygen atoms in total. The van der Waals surface area contributed by atoms with Gasteiger partial charge in [-0.3, -0.25) is 0 Å². The maximum atomic E-state index is 13.6. The van der Waals surface area contributed by atoms with E-state index >= 15 is 0 Å². The molecule has 0 heterocycles. The molecule has 0 fully saturated rings. The number of aryl methyl sites for hydroxylation is 1. The number of hydrogen-bond acceptors (Lipinski definition) is 1. The maximum Gasteiger partial charge on any atom is 0.146 e. The van der Waals surface area contributed by atoms with Gasteiger partial charge in [-0.2, -0.15) is 0 Å². The van der Waals surface area contributed by atoms with Gasteiger partial charge in [-0.05, 0) is 34.9 Å². The highest BCUT2D eigenvalue weighted by Crippen LogP contribution is 2.34. The molecule has 0 unspecified atom stereocenters. The molecule has 0 aliphatic heterocycles. The Labute approximate surface area is 111 Å². The standard InChI is InChI=1S/C17H14FN/c1-11-9-10-14(13-6-3-2-5-12(11)13)15-7-4-8-16(18)17(15)19/h2-10H,19H2,1H3. The predicted molar refractivity (Wildman–Crippen MR) is 78.5 cm³/mol. The van der Waals surface area contributed by atoms with E-state index in [1.54, 1.807) is 6.07 Å². The van der Waals surface area contributed by atoms with Gasteiger partial charge in [0.2, 0.25) is 0 Å². The summed E-state index contributed by atoms with van der Waals surface area (Å²) in [5.41, 5.74) is 8.99. The third-order valence-corrected chi connectivity index (χ3v) is 3.49. The maximum absolute atomic E-state index is 13.6. The molecule has 2 heteroatoms. The quantitative estimate of drug-likeness (QED) is 0.631. The zero-order chi connectivity index (χ0) is 13.4. The molecule has 0 aliphatic carbocycles. The summed E-state index contributed by atoms with van der Waals surface area (Å²) in [5.74, 6) is -0.373. The summed E-state index contributed by atoms with van der Waals surface area (Å²) in [6, 6.07) is 17.1. The monoisotopic (exact) mass is 251 g/mol. The van der Waals surface area contributed by atoms with Crippen molar-refractivity contribution in [3.63, 3.8) is 0 Å². The lowest BCUT2D eigenvalue weighted by Gasteiger charge is -2.11. The second kappa shape index (κ2) is 4.39. The van der Waals surface area contributed by atoms with Crippen molar-refractivity contribution >= 4 is 16.5 Å². The Balaban J connectivity index is 2.38. The lowest BCUT2D eigenvalue weighted by atomic mass is 9.94. The van der Waals surface area contributed by atoms with Gasteiger partial charge >= 0.3 is 0 Å². The topological polar surface area (TPSA) is 26.0 Å². The van der Waals surface area contributed by atoms with Crippen LogP contribution in [0.4, 0.5) is 10.1 Å². The van der Waals surface area contributed by atoms with Crippen LogP contribution in [-0.4, -0.2) is 0 Å². The Hall–Kier alpha value is -2.35. The minimum Gasteiger partial charge on any atom is -0.396 e. The van der Waals surface area contributed by atoms with Crippen molar-refractivity contribution in [1.82, 2.24) is 0 Å². The van der Waals surface area contributed by atoms with Gasteiger partial charge in [0.25, 0.3) is 0 Å². The number of anilines is 1. The third-order valence-electron chi connectivity index (χ3n) is 3.49. The highest BCUT2D eigenvalue weighted by Gasteiger charge is 2.10. The van der Waals surface area contributed by atoms with Crippen LogP contribution >= 0.6 is 0 Å². The first-order chi connectivity index (χ1) is 9.18. The molecule has 2 N–H and O–H groups in total. The number of fused-ring (bicyclic) bond motifs is 1. The van der Waals surface area contributed by atoms with Crippen molar-refractivity contribution in [2.24, 2.45) is 0 Å². The summed E-state index contributed by atoms with van der Waals surface area (Å²) in [7, 11) is 0. The SMILES string of the molecule is Cc1ccc(-c2cccc(F)c2N)c2ccccc12. The van der Waals surface area contributed by atoms with Crippen LogP contribution in [0.3, 0.4) is 0 Å². The van der Waals surface area contributed by atoms with E-state index in [0.29, 0.717) is 0 Å². The molecule has 0 aliphatic rings. The van der Waals surface area contributed by atoms with E-state index in [9.17, 15) is 4.39 Å². The van der Waals surface area contributed by atoms with E-state index in [2.05, 4.69) is 13.0 Å². The minimum atomic E-state index is -0.373. The molecular weight excluding hydrogens is 237 g/mol. The average Bonchev–Trinajstić information content (AvgIpc) is 2.43. The minimum absolute atomic E-state index is 0.205. The smallest absolute Gasteiger partial charge is 0.146 e. The molecule has 3 rings (SSSR count). The van der Waals surface area contributed by atoms with Gasteiger partial charge in [0.1, 0.15) is 5.82 Å². The van der Waals surface area contributed by atoms with E-state index in [1.807, 2.05) is 36.4 Å². The van der Waals surface area contributed by atoms with E-state index < -0.39 is 0 Å². The number of nitrogen functional groups attached to an aromatic ring is 1. The van der Waals surface area contributed by atoms with E-state index in [-0.39, 0.29) is 11.5 Å². The van der Waals surface area contributed by atoms with Crippen LogP contribution in [0.2, 0.25) is 0 Å². The Bertz CT molecular complexity index is 762. The van der Waals surface area contributed by atoms with Gasteiger partial charge in [-0.25, -0.2) is 4.39 Å². The van der Waals surface area contributed by atoms with Crippen LogP contribution in [0.5, 0.6) is 0 Å². The summed E-state index contributed by atoms with van der Waals surface area (Å²) < 4.78 is 13.6. The largest absolute Gasteiger partial charge is 0.396 e. The van der Waals surface area contributed by atoms with Gasteiger partial charge in [0.05, 0.1) is 5.69 Å². The van der Waals surface area contributed by atoms with Crippen LogP contribution in [0, 0.1) is 12.7 Å². The summed E-state index contributed by atoms with van der Waals surface area (Å²) in [6.07, 6.45) is 0. The molecule has 0 amide bonds. The third kappa shape index (κ3) is 1.85. The first-order valence-corrected chi connectivity index (χ1v) is 6.21. The number of hydrogen-bond donors (Lipinski definition) is 1. The Morgan fingerprint density at radius 1 is 0.789 bits per heavy atom. The molecule has 0 atom stereocenters. The molecule has 0 saturated carbocycles. The number of para-hydroxylation sites is 1. The van der Waals surface area contributed by atoms with Crippen LogP contribution in [0.15, 0.2) is 54.6 Å². The van der Waals surface area contributed by atoms with Crippen molar-refractivity contribution in [1.29, 1.82) is 0 Å². The van der Waals surface area contributed by atoms with Crippen LogP contribution in [0.25, 0.3) is 21.9 Å². The molecule has 0 spiro atoms. The van der Waals surface area contributed by atoms with E-state index in [1.165, 1.54) is 17.0 Å². The molecular formula is C17H14FN. The van der Waals surface area contributed by atoms with Crippen LogP contribution in [-0.2, 0) is 0 Å². The second-order valence-electron chi connectivity index (χ2n) is 4.68. The number of rotatable bonds is 1. The molecule has 0 radical (unpaired) electrons. The van der Waals surface area contributed by atoms with Crippen LogP contribution < -0.4 is 5.73 Å². The van der Waals surface area contributed by atoms with Crippen molar-refractivity contribution in [2.75, 3.05) is 5.73 Å². The van der Waals surface area contributed by atoms with Crippen molar-refractivity contribution in [3.8, 4) is 11.1 Å². The zero-order valence-electron chi connectivity index (χ0n) is 10.7. The lowest BCUT2D eigenvalue weighted by molar-refractivity contribution is 0.633. The van der Waals surface area contributed by atoms with Gasteiger partial charge in [-0.15, -0.1) is 0 Å². The highest BCUT2D eigenvalue weighted by molar-refractivity contribution is 6.00. The molecule has 94 valence electrons. The fourth-order valence-corrected chi connectivity index (χ4v) is 2.46. The molecule has 0 saturated heterocycles. The van der Waals surface area contributed by atoms with E-state index in [4.69, 9.17) is 5.73 Å².